The van der Waals surface area contributed by atoms with Crippen LogP contribution in [0.4, 0.5) is 10.5 Å². The van der Waals surface area contributed by atoms with Crippen molar-refractivity contribution in [1.82, 2.24) is 5.43 Å². The summed E-state index contributed by atoms with van der Waals surface area (Å²) < 4.78 is 5.31. The molecule has 6 nitrogen and oxygen atoms in total. The molecule has 0 aromatic heterocycles. The van der Waals surface area contributed by atoms with Gasteiger partial charge in [-0.25, -0.2) is 9.80 Å². The highest BCUT2D eigenvalue weighted by molar-refractivity contribution is 6.30. The van der Waals surface area contributed by atoms with Gasteiger partial charge in [0.2, 0.25) is 0 Å². The van der Waals surface area contributed by atoms with E-state index in [1.54, 1.807) is 36.4 Å². The molecule has 0 aliphatic rings. The van der Waals surface area contributed by atoms with E-state index in [1.165, 1.54) is 0 Å². The molecule has 23 heavy (non-hydrogen) atoms. The minimum absolute atomic E-state index is 0.267. The van der Waals surface area contributed by atoms with E-state index in [1.807, 2.05) is 19.1 Å². The lowest BCUT2D eigenvalue weighted by molar-refractivity contribution is -0.123. The number of ether oxygens (including phenoxy) is 1. The number of nitrogens with one attached hydrogen (secondary N) is 1. The summed E-state index contributed by atoms with van der Waals surface area (Å²) in [6, 6.07) is 12.8. The maximum atomic E-state index is 11.9. The zero-order chi connectivity index (χ0) is 16.8. The number of nitrogens with two attached hydrogens (primary N) is 1. The predicted molar refractivity (Wildman–Crippen MR) is 88.3 cm³/mol. The average Bonchev–Trinajstić information content (AvgIpc) is 2.53. The Morgan fingerprint density at radius 1 is 1.13 bits per heavy atom. The number of anilines is 1. The Morgan fingerprint density at radius 2 is 1.74 bits per heavy atom. The Morgan fingerprint density at radius 3 is 2.30 bits per heavy atom. The number of halogens is 1. The van der Waals surface area contributed by atoms with Gasteiger partial charge in [-0.1, -0.05) is 29.3 Å². The monoisotopic (exact) mass is 333 g/mol. The van der Waals surface area contributed by atoms with E-state index in [0.29, 0.717) is 16.5 Å². The molecule has 7 heteroatoms. The first-order valence-electron chi connectivity index (χ1n) is 6.80. The van der Waals surface area contributed by atoms with Crippen molar-refractivity contribution in [2.45, 2.75) is 6.92 Å². The van der Waals surface area contributed by atoms with Gasteiger partial charge >= 0.3 is 6.03 Å². The van der Waals surface area contributed by atoms with E-state index < -0.39 is 11.9 Å². The first kappa shape index (κ1) is 16.6. The molecule has 0 aliphatic heterocycles. The molecule has 0 atom stereocenters. The minimum Gasteiger partial charge on any atom is -0.484 e. The lowest BCUT2D eigenvalue weighted by Crippen LogP contribution is -2.50. The number of benzene rings is 2. The number of amides is 3. The number of aryl methyl sites for hydroxylation is 1. The number of hydrogen-bond acceptors (Lipinski definition) is 3. The molecule has 0 saturated carbocycles. The maximum Gasteiger partial charge on any atom is 0.338 e. The first-order chi connectivity index (χ1) is 11.0. The van der Waals surface area contributed by atoms with Crippen LogP contribution in [0.2, 0.25) is 5.02 Å². The zero-order valence-corrected chi connectivity index (χ0v) is 13.2. The summed E-state index contributed by atoms with van der Waals surface area (Å²) in [5.74, 6) is -0.0233. The summed E-state index contributed by atoms with van der Waals surface area (Å²) >= 11 is 5.76. The summed E-state index contributed by atoms with van der Waals surface area (Å²) in [5, 5.41) is 1.54. The second kappa shape index (κ2) is 7.51. The lowest BCUT2D eigenvalue weighted by atomic mass is 10.2. The van der Waals surface area contributed by atoms with E-state index >= 15 is 0 Å². The van der Waals surface area contributed by atoms with Gasteiger partial charge < -0.3 is 10.5 Å². The van der Waals surface area contributed by atoms with Crippen molar-refractivity contribution in [1.29, 1.82) is 0 Å². The molecular weight excluding hydrogens is 318 g/mol. The summed E-state index contributed by atoms with van der Waals surface area (Å²) in [5.41, 5.74) is 9.18. The van der Waals surface area contributed by atoms with Gasteiger partial charge in [-0.05, 0) is 43.3 Å². The van der Waals surface area contributed by atoms with Gasteiger partial charge in [-0.2, -0.15) is 0 Å². The van der Waals surface area contributed by atoms with E-state index in [0.717, 1.165) is 10.6 Å². The number of urea groups is 1. The third kappa shape index (κ3) is 4.89. The summed E-state index contributed by atoms with van der Waals surface area (Å²) in [6.45, 7) is 1.65. The van der Waals surface area contributed by atoms with Crippen LogP contribution in [-0.4, -0.2) is 18.5 Å². The molecule has 0 bridgehead atoms. The van der Waals surface area contributed by atoms with E-state index in [4.69, 9.17) is 22.1 Å². The predicted octanol–water partition coefficient (Wildman–Crippen LogP) is 2.64. The molecule has 0 radical (unpaired) electrons. The maximum absolute atomic E-state index is 11.9. The largest absolute Gasteiger partial charge is 0.484 e. The van der Waals surface area contributed by atoms with Crippen molar-refractivity contribution in [3.05, 3.63) is 59.1 Å². The van der Waals surface area contributed by atoms with Crippen LogP contribution in [-0.2, 0) is 4.79 Å². The Labute approximate surface area is 138 Å². The van der Waals surface area contributed by atoms with Gasteiger partial charge in [0.05, 0.1) is 5.69 Å². The zero-order valence-electron chi connectivity index (χ0n) is 12.5. The number of nitrogens with zero attached hydrogens (tertiary/aromatic N) is 1. The molecule has 2 aromatic rings. The van der Waals surface area contributed by atoms with Crippen molar-refractivity contribution < 1.29 is 14.3 Å². The molecule has 0 spiro atoms. The highest BCUT2D eigenvalue weighted by Gasteiger charge is 2.15. The van der Waals surface area contributed by atoms with Crippen molar-refractivity contribution in [3.8, 4) is 5.75 Å². The Bertz CT molecular complexity index is 687. The highest BCUT2D eigenvalue weighted by atomic mass is 35.5. The third-order valence-electron chi connectivity index (χ3n) is 2.93. The van der Waals surface area contributed by atoms with Crippen LogP contribution in [0.1, 0.15) is 5.56 Å². The third-order valence-corrected chi connectivity index (χ3v) is 3.18. The molecule has 3 N–H and O–H groups in total. The number of primary amides is 1. The smallest absolute Gasteiger partial charge is 0.338 e. The van der Waals surface area contributed by atoms with Crippen LogP contribution >= 0.6 is 11.6 Å². The van der Waals surface area contributed by atoms with E-state index in [9.17, 15) is 9.59 Å². The van der Waals surface area contributed by atoms with Gasteiger partial charge in [0, 0.05) is 5.02 Å². The SMILES string of the molecule is Cc1ccc(N(NC(=O)COc2ccc(Cl)cc2)C(N)=O)cc1. The number of rotatable bonds is 4. The summed E-state index contributed by atoms with van der Waals surface area (Å²) in [4.78, 5) is 23.4. The molecule has 0 unspecified atom stereocenters. The molecule has 3 amide bonds. The molecule has 0 heterocycles. The van der Waals surface area contributed by atoms with Gasteiger partial charge in [-0.3, -0.25) is 10.2 Å². The van der Waals surface area contributed by atoms with E-state index in [2.05, 4.69) is 5.43 Å². The molecule has 120 valence electrons. The fraction of sp³-hybridized carbons (Fsp3) is 0.125. The number of carbonyl (C=O) groups is 2. The molecule has 2 aromatic carbocycles. The molecule has 0 aliphatic carbocycles. The normalized spacial score (nSPS) is 10.0. The number of hydrogen-bond donors (Lipinski definition) is 2. The van der Waals surface area contributed by atoms with Crippen LogP contribution < -0.4 is 20.9 Å². The van der Waals surface area contributed by atoms with Crippen LogP contribution in [0.5, 0.6) is 5.75 Å². The van der Waals surface area contributed by atoms with Crippen molar-refractivity contribution in [2.75, 3.05) is 11.6 Å². The Kier molecular flexibility index (Phi) is 5.43. The molecular formula is C16H16ClN3O3. The Hall–Kier alpha value is -2.73. The van der Waals surface area contributed by atoms with Crippen LogP contribution in [0.15, 0.2) is 48.5 Å². The standard InChI is InChI=1S/C16H16ClN3O3/c1-11-2-6-13(7-3-11)20(16(18)22)19-15(21)10-23-14-8-4-12(17)5-9-14/h2-9H,10H2,1H3,(H2,18,22)(H,19,21). The second-order valence-corrected chi connectivity index (χ2v) is 5.22. The average molecular weight is 334 g/mol. The fourth-order valence-corrected chi connectivity index (χ4v) is 1.90. The van der Waals surface area contributed by atoms with Crippen molar-refractivity contribution >= 4 is 29.2 Å². The molecule has 0 saturated heterocycles. The summed E-state index contributed by atoms with van der Waals surface area (Å²) in [6.07, 6.45) is 0. The Balaban J connectivity index is 1.96. The van der Waals surface area contributed by atoms with Crippen LogP contribution in [0.25, 0.3) is 0 Å². The number of carbonyl (C=O) groups excluding carboxylic acids is 2. The molecule has 0 fully saturated rings. The van der Waals surface area contributed by atoms with Crippen molar-refractivity contribution in [3.63, 3.8) is 0 Å². The van der Waals surface area contributed by atoms with E-state index in [-0.39, 0.29) is 6.61 Å². The van der Waals surface area contributed by atoms with Crippen LogP contribution in [0.3, 0.4) is 0 Å². The van der Waals surface area contributed by atoms with Gasteiger partial charge in [0.15, 0.2) is 6.61 Å². The van der Waals surface area contributed by atoms with Gasteiger partial charge in [-0.15, -0.1) is 0 Å². The second-order valence-electron chi connectivity index (χ2n) is 4.79. The van der Waals surface area contributed by atoms with Crippen LogP contribution in [0, 0.1) is 6.92 Å². The number of hydrazine groups is 1. The molecule has 2 rings (SSSR count). The lowest BCUT2D eigenvalue weighted by Gasteiger charge is -2.21. The van der Waals surface area contributed by atoms with Crippen molar-refractivity contribution in [2.24, 2.45) is 5.73 Å². The quantitative estimate of drug-likeness (QED) is 0.843. The summed E-state index contributed by atoms with van der Waals surface area (Å²) in [7, 11) is 0. The fourth-order valence-electron chi connectivity index (χ4n) is 1.78. The topological polar surface area (TPSA) is 84.7 Å². The highest BCUT2D eigenvalue weighted by Crippen LogP contribution is 2.16. The minimum atomic E-state index is -0.798. The van der Waals surface area contributed by atoms with Gasteiger partial charge in [0.25, 0.3) is 5.91 Å². The first-order valence-corrected chi connectivity index (χ1v) is 7.17. The van der Waals surface area contributed by atoms with Gasteiger partial charge in [0.1, 0.15) is 5.75 Å².